The highest BCUT2D eigenvalue weighted by Crippen LogP contribution is 2.43. The summed E-state index contributed by atoms with van der Waals surface area (Å²) in [6.45, 7) is 3.64. The van der Waals surface area contributed by atoms with Crippen LogP contribution >= 0.6 is 11.6 Å². The van der Waals surface area contributed by atoms with Gasteiger partial charge in [0.25, 0.3) is 0 Å². The second kappa shape index (κ2) is 10.4. The maximum absolute atomic E-state index is 6.59. The lowest BCUT2D eigenvalue weighted by Gasteiger charge is -2.28. The van der Waals surface area contributed by atoms with E-state index in [9.17, 15) is 0 Å². The Morgan fingerprint density at radius 3 is 2.42 bits per heavy atom. The third-order valence-electron chi connectivity index (χ3n) is 7.54. The monoisotopic (exact) mass is 494 g/mol. The molecule has 4 nitrogen and oxygen atoms in total. The molecule has 182 valence electrons. The number of hydrogen-bond donors (Lipinski definition) is 1. The van der Waals surface area contributed by atoms with Crippen LogP contribution in [0.15, 0.2) is 79.0 Å². The second-order valence-electron chi connectivity index (χ2n) is 9.91. The van der Waals surface area contributed by atoms with E-state index >= 15 is 0 Å². The topological polar surface area (TPSA) is 41.1 Å². The Morgan fingerprint density at radius 2 is 1.61 bits per heavy atom. The summed E-state index contributed by atoms with van der Waals surface area (Å²) in [5, 5.41) is 4.22. The number of piperidine rings is 1. The Labute approximate surface area is 218 Å². The SMILES string of the molecule is Clc1ccccc1[C@H]1Cc2cnc(Nc3ccc(CCN4CCCCC4)cc3)nc2-c2ccccc21. The number of halogens is 1. The molecule has 1 aromatic heterocycles. The van der Waals surface area contributed by atoms with Crippen LogP contribution in [-0.2, 0) is 12.8 Å². The first-order valence-electron chi connectivity index (χ1n) is 13.0. The third kappa shape index (κ3) is 4.88. The molecule has 1 fully saturated rings. The summed E-state index contributed by atoms with van der Waals surface area (Å²) in [6.07, 6.45) is 7.97. The highest BCUT2D eigenvalue weighted by atomic mass is 35.5. The molecule has 5 heteroatoms. The van der Waals surface area contributed by atoms with Crippen LogP contribution in [0.1, 0.15) is 47.4 Å². The molecule has 3 aromatic carbocycles. The van der Waals surface area contributed by atoms with Gasteiger partial charge < -0.3 is 10.2 Å². The van der Waals surface area contributed by atoms with Gasteiger partial charge in [-0.05, 0) is 79.2 Å². The fourth-order valence-electron chi connectivity index (χ4n) is 5.59. The number of likely N-dealkylation sites (tertiary alicyclic amines) is 1. The molecule has 2 heterocycles. The molecule has 0 spiro atoms. The van der Waals surface area contributed by atoms with Gasteiger partial charge in [0.05, 0.1) is 5.69 Å². The van der Waals surface area contributed by atoms with Crippen molar-refractivity contribution in [3.8, 4) is 11.3 Å². The molecule has 0 unspecified atom stereocenters. The van der Waals surface area contributed by atoms with E-state index in [2.05, 4.69) is 75.9 Å². The van der Waals surface area contributed by atoms with Crippen molar-refractivity contribution >= 4 is 23.2 Å². The molecule has 1 N–H and O–H groups in total. The number of fused-ring (bicyclic) bond motifs is 3. The number of benzene rings is 3. The zero-order valence-electron chi connectivity index (χ0n) is 20.5. The van der Waals surface area contributed by atoms with E-state index in [1.165, 1.54) is 43.5 Å². The van der Waals surface area contributed by atoms with Crippen molar-refractivity contribution in [2.45, 2.75) is 38.0 Å². The van der Waals surface area contributed by atoms with Gasteiger partial charge in [0.1, 0.15) is 0 Å². The number of aromatic nitrogens is 2. The molecule has 6 rings (SSSR count). The molecule has 0 amide bonds. The van der Waals surface area contributed by atoms with E-state index in [0.717, 1.165) is 52.5 Å². The molecule has 1 aliphatic carbocycles. The fraction of sp³-hybridized carbons (Fsp3) is 0.290. The first-order chi connectivity index (χ1) is 17.7. The minimum absolute atomic E-state index is 0.197. The van der Waals surface area contributed by atoms with E-state index in [4.69, 9.17) is 16.6 Å². The Hall–Kier alpha value is -3.21. The molecule has 1 saturated heterocycles. The Kier molecular flexibility index (Phi) is 6.71. The average Bonchev–Trinajstić information content (AvgIpc) is 2.93. The minimum Gasteiger partial charge on any atom is -0.324 e. The molecule has 0 bridgehead atoms. The molecular formula is C31H31ClN4. The van der Waals surface area contributed by atoms with Crippen LogP contribution in [-0.4, -0.2) is 34.5 Å². The number of nitrogens with zero attached hydrogens (tertiary/aromatic N) is 3. The summed E-state index contributed by atoms with van der Waals surface area (Å²) < 4.78 is 0. The summed E-state index contributed by atoms with van der Waals surface area (Å²) in [5.74, 6) is 0.822. The fourth-order valence-corrected chi connectivity index (χ4v) is 5.85. The summed E-state index contributed by atoms with van der Waals surface area (Å²) in [7, 11) is 0. The van der Waals surface area contributed by atoms with Crippen molar-refractivity contribution in [3.05, 3.63) is 106 Å². The van der Waals surface area contributed by atoms with Crippen molar-refractivity contribution in [2.75, 3.05) is 25.0 Å². The predicted molar refractivity (Wildman–Crippen MR) is 148 cm³/mol. The number of hydrogen-bond acceptors (Lipinski definition) is 4. The lowest BCUT2D eigenvalue weighted by Crippen LogP contribution is -2.31. The maximum Gasteiger partial charge on any atom is 0.227 e. The molecule has 1 atom stereocenters. The maximum atomic E-state index is 6.59. The van der Waals surface area contributed by atoms with Crippen molar-refractivity contribution in [3.63, 3.8) is 0 Å². The van der Waals surface area contributed by atoms with Crippen molar-refractivity contribution < 1.29 is 0 Å². The van der Waals surface area contributed by atoms with Crippen LogP contribution in [0.3, 0.4) is 0 Å². The lowest BCUT2D eigenvalue weighted by molar-refractivity contribution is 0.231. The summed E-state index contributed by atoms with van der Waals surface area (Å²) in [5.41, 5.74) is 8.11. The van der Waals surface area contributed by atoms with E-state index in [0.29, 0.717) is 5.95 Å². The Bertz CT molecular complexity index is 1350. The minimum atomic E-state index is 0.197. The lowest BCUT2D eigenvalue weighted by atomic mass is 9.78. The molecular weight excluding hydrogens is 464 g/mol. The van der Waals surface area contributed by atoms with Crippen LogP contribution in [0.5, 0.6) is 0 Å². The van der Waals surface area contributed by atoms with Gasteiger partial charge in [0.15, 0.2) is 0 Å². The summed E-state index contributed by atoms with van der Waals surface area (Å²) in [4.78, 5) is 12.2. The van der Waals surface area contributed by atoms with Crippen molar-refractivity contribution in [2.24, 2.45) is 0 Å². The van der Waals surface area contributed by atoms with Gasteiger partial charge in [0, 0.05) is 34.9 Å². The predicted octanol–water partition coefficient (Wildman–Crippen LogP) is 7.26. The van der Waals surface area contributed by atoms with Crippen LogP contribution in [0.25, 0.3) is 11.3 Å². The van der Waals surface area contributed by atoms with Gasteiger partial charge in [-0.2, -0.15) is 0 Å². The molecule has 0 radical (unpaired) electrons. The second-order valence-corrected chi connectivity index (χ2v) is 10.3. The summed E-state index contributed by atoms with van der Waals surface area (Å²) >= 11 is 6.59. The van der Waals surface area contributed by atoms with Gasteiger partial charge in [-0.3, -0.25) is 0 Å². The normalized spacial score (nSPS) is 17.3. The van der Waals surface area contributed by atoms with Crippen LogP contribution < -0.4 is 5.32 Å². The van der Waals surface area contributed by atoms with Crippen molar-refractivity contribution in [1.29, 1.82) is 0 Å². The smallest absolute Gasteiger partial charge is 0.227 e. The quantitative estimate of drug-likeness (QED) is 0.306. The zero-order valence-corrected chi connectivity index (χ0v) is 21.2. The van der Waals surface area contributed by atoms with Gasteiger partial charge in [-0.1, -0.05) is 72.6 Å². The van der Waals surface area contributed by atoms with Crippen LogP contribution in [0, 0.1) is 0 Å². The van der Waals surface area contributed by atoms with E-state index in [1.807, 2.05) is 18.3 Å². The molecule has 2 aliphatic rings. The average molecular weight is 495 g/mol. The van der Waals surface area contributed by atoms with E-state index in [-0.39, 0.29) is 5.92 Å². The number of anilines is 2. The highest BCUT2D eigenvalue weighted by molar-refractivity contribution is 6.31. The van der Waals surface area contributed by atoms with Gasteiger partial charge in [-0.25, -0.2) is 9.97 Å². The molecule has 4 aromatic rings. The van der Waals surface area contributed by atoms with E-state index in [1.54, 1.807) is 0 Å². The number of nitrogens with one attached hydrogen (secondary N) is 1. The third-order valence-corrected chi connectivity index (χ3v) is 7.88. The molecule has 0 saturated carbocycles. The zero-order chi connectivity index (χ0) is 24.3. The number of rotatable bonds is 6. The van der Waals surface area contributed by atoms with Crippen LogP contribution in [0.4, 0.5) is 11.6 Å². The first-order valence-corrected chi connectivity index (χ1v) is 13.4. The van der Waals surface area contributed by atoms with Gasteiger partial charge in [0.2, 0.25) is 5.95 Å². The Balaban J connectivity index is 1.20. The highest BCUT2D eigenvalue weighted by Gasteiger charge is 2.28. The van der Waals surface area contributed by atoms with Gasteiger partial charge in [-0.15, -0.1) is 0 Å². The molecule has 36 heavy (non-hydrogen) atoms. The first kappa shape index (κ1) is 23.2. The Morgan fingerprint density at radius 1 is 0.861 bits per heavy atom. The van der Waals surface area contributed by atoms with Crippen molar-refractivity contribution in [1.82, 2.24) is 14.9 Å². The van der Waals surface area contributed by atoms with Crippen LogP contribution in [0.2, 0.25) is 5.02 Å². The summed E-state index contributed by atoms with van der Waals surface area (Å²) in [6, 6.07) is 25.4. The standard InChI is InChI=1S/C31H31ClN4/c32-29-11-5-4-9-26(29)28-20-23-21-33-31(35-30(23)27-10-3-2-8-25(27)28)34-24-14-12-22(13-15-24)16-19-36-17-6-1-7-18-36/h2-5,8-15,21,28H,1,6-7,16-20H2,(H,33,34,35)/t28-/m0/s1. The molecule has 1 aliphatic heterocycles. The largest absolute Gasteiger partial charge is 0.324 e. The van der Waals surface area contributed by atoms with Gasteiger partial charge >= 0.3 is 0 Å². The van der Waals surface area contributed by atoms with E-state index < -0.39 is 0 Å².